The molecule has 0 amide bonds. The Hall–Kier alpha value is -2.22. The van der Waals surface area contributed by atoms with E-state index in [0.29, 0.717) is 11.7 Å². The number of aromatic hydroxyl groups is 1. The van der Waals surface area contributed by atoms with E-state index in [1.807, 2.05) is 0 Å². The van der Waals surface area contributed by atoms with Crippen LogP contribution >= 0.6 is 12.6 Å². The molecule has 0 radical (unpaired) electrons. The minimum Gasteiger partial charge on any atom is -0.493 e. The highest BCUT2D eigenvalue weighted by Crippen LogP contribution is 2.38. The van der Waals surface area contributed by atoms with E-state index in [9.17, 15) is 13.9 Å². The van der Waals surface area contributed by atoms with Crippen molar-refractivity contribution in [2.24, 2.45) is 0 Å². The summed E-state index contributed by atoms with van der Waals surface area (Å²) in [4.78, 5) is 8.57. The van der Waals surface area contributed by atoms with Crippen LogP contribution in [0.5, 0.6) is 5.88 Å². The molecule has 2 aromatic heterocycles. The van der Waals surface area contributed by atoms with Crippen LogP contribution in [0.15, 0.2) is 24.3 Å². The largest absolute Gasteiger partial charge is 0.493 e. The first kappa shape index (κ1) is 14.4. The number of aromatic nitrogens is 4. The highest BCUT2D eigenvalue weighted by atomic mass is 32.1. The maximum Gasteiger partial charge on any atom is 0.255 e. The number of nitrogens with zero attached hydrogens (tertiary/aromatic N) is 4. The molecule has 0 aliphatic heterocycles. The molecule has 0 saturated heterocycles. The molecule has 0 bridgehead atoms. The van der Waals surface area contributed by atoms with Crippen molar-refractivity contribution in [2.75, 3.05) is 0 Å². The molecule has 2 heterocycles. The molecule has 1 saturated carbocycles. The van der Waals surface area contributed by atoms with E-state index in [0.717, 1.165) is 18.9 Å². The Labute approximate surface area is 135 Å². The zero-order chi connectivity index (χ0) is 16.1. The Kier molecular flexibility index (Phi) is 3.22. The smallest absolute Gasteiger partial charge is 0.255 e. The number of benzene rings is 1. The molecule has 1 unspecified atom stereocenters. The van der Waals surface area contributed by atoms with E-state index in [4.69, 9.17) is 0 Å². The fourth-order valence-corrected chi connectivity index (χ4v) is 2.76. The summed E-state index contributed by atoms with van der Waals surface area (Å²) in [6.07, 6.45) is 2.04. The van der Waals surface area contributed by atoms with Crippen LogP contribution in [0, 0.1) is 11.6 Å². The van der Waals surface area contributed by atoms with Crippen LogP contribution in [-0.4, -0.2) is 24.7 Å². The number of rotatable bonds is 3. The van der Waals surface area contributed by atoms with E-state index < -0.39 is 16.9 Å². The lowest BCUT2D eigenvalue weighted by molar-refractivity contribution is 0.433. The molecule has 23 heavy (non-hydrogen) atoms. The molecular weight excluding hydrogens is 322 g/mol. The number of fused-ring (bicyclic) bond motifs is 1. The zero-order valence-electron chi connectivity index (χ0n) is 11.8. The van der Waals surface area contributed by atoms with Gasteiger partial charge in [0.1, 0.15) is 0 Å². The second kappa shape index (κ2) is 5.16. The van der Waals surface area contributed by atoms with Crippen molar-refractivity contribution in [1.82, 2.24) is 19.6 Å². The van der Waals surface area contributed by atoms with E-state index in [1.54, 1.807) is 0 Å². The first-order valence-electron chi connectivity index (χ1n) is 7.13. The van der Waals surface area contributed by atoms with Gasteiger partial charge in [-0.2, -0.15) is 22.1 Å². The van der Waals surface area contributed by atoms with Crippen molar-refractivity contribution in [3.05, 3.63) is 53.0 Å². The quantitative estimate of drug-likeness (QED) is 0.723. The van der Waals surface area contributed by atoms with Crippen LogP contribution in [0.3, 0.4) is 0 Å². The molecule has 5 nitrogen and oxygen atoms in total. The van der Waals surface area contributed by atoms with Crippen molar-refractivity contribution in [1.29, 1.82) is 0 Å². The highest BCUT2D eigenvalue weighted by Gasteiger charge is 2.29. The second-order valence-corrected chi connectivity index (χ2v) is 6.06. The molecule has 1 aromatic carbocycles. The summed E-state index contributed by atoms with van der Waals surface area (Å²) in [6, 6.07) is 5.20. The molecule has 1 N–H and O–H groups in total. The lowest BCUT2D eigenvalue weighted by atomic mass is 10.1. The SMILES string of the molecule is Oc1cc(C(S)c2cccc(F)c2F)nc2nc(C3CC3)nn12. The summed E-state index contributed by atoms with van der Waals surface area (Å²) in [5.74, 6) is -0.929. The van der Waals surface area contributed by atoms with Crippen LogP contribution < -0.4 is 0 Å². The standard InChI is InChI=1S/C15H12F2N4OS/c16-9-3-1-2-8(12(9)17)13(23)10-6-11(22)21-15(18-10)19-14(20-21)7-4-5-7/h1-3,6-7,13,22-23H,4-5H2. The molecule has 3 aromatic rings. The fourth-order valence-electron chi connectivity index (χ4n) is 2.43. The lowest BCUT2D eigenvalue weighted by Gasteiger charge is -2.12. The molecule has 1 fully saturated rings. The third kappa shape index (κ3) is 2.42. The second-order valence-electron chi connectivity index (χ2n) is 5.54. The Balaban J connectivity index is 1.80. The number of halogens is 2. The third-order valence-electron chi connectivity index (χ3n) is 3.83. The van der Waals surface area contributed by atoms with Gasteiger partial charge in [0.2, 0.25) is 5.88 Å². The van der Waals surface area contributed by atoms with Crippen LogP contribution in [-0.2, 0) is 0 Å². The Bertz CT molecular complexity index is 910. The summed E-state index contributed by atoms with van der Waals surface area (Å²) in [6.45, 7) is 0. The van der Waals surface area contributed by atoms with Crippen molar-refractivity contribution < 1.29 is 13.9 Å². The van der Waals surface area contributed by atoms with E-state index in [1.165, 1.54) is 22.7 Å². The van der Waals surface area contributed by atoms with Crippen LogP contribution in [0.2, 0.25) is 0 Å². The van der Waals surface area contributed by atoms with Crippen molar-refractivity contribution >= 4 is 18.4 Å². The zero-order valence-corrected chi connectivity index (χ0v) is 12.7. The van der Waals surface area contributed by atoms with Gasteiger partial charge in [-0.15, -0.1) is 5.10 Å². The predicted molar refractivity (Wildman–Crippen MR) is 81.6 cm³/mol. The molecule has 1 aliphatic carbocycles. The van der Waals surface area contributed by atoms with Gasteiger partial charge in [0, 0.05) is 17.5 Å². The predicted octanol–water partition coefficient (Wildman–Crippen LogP) is 3.00. The monoisotopic (exact) mass is 334 g/mol. The average molecular weight is 334 g/mol. The fraction of sp³-hybridized carbons (Fsp3) is 0.267. The summed E-state index contributed by atoms with van der Waals surface area (Å²) in [5.41, 5.74) is 0.323. The van der Waals surface area contributed by atoms with Crippen LogP contribution in [0.4, 0.5) is 8.78 Å². The minimum atomic E-state index is -0.978. The van der Waals surface area contributed by atoms with Gasteiger partial charge in [0.15, 0.2) is 17.5 Å². The van der Waals surface area contributed by atoms with Gasteiger partial charge in [0.05, 0.1) is 10.9 Å². The lowest BCUT2D eigenvalue weighted by Crippen LogP contribution is -2.04. The average Bonchev–Trinajstić information content (AvgIpc) is 3.29. The molecular formula is C15H12F2N4OS. The maximum absolute atomic E-state index is 13.9. The normalized spacial score (nSPS) is 16.0. The van der Waals surface area contributed by atoms with Crippen molar-refractivity contribution in [2.45, 2.75) is 24.0 Å². The molecule has 0 spiro atoms. The van der Waals surface area contributed by atoms with Gasteiger partial charge in [-0.25, -0.2) is 13.8 Å². The summed E-state index contributed by atoms with van der Waals surface area (Å²) in [7, 11) is 0. The third-order valence-corrected chi connectivity index (χ3v) is 4.37. The number of thiol groups is 1. The molecule has 118 valence electrons. The summed E-state index contributed by atoms with van der Waals surface area (Å²) >= 11 is 4.32. The summed E-state index contributed by atoms with van der Waals surface area (Å²) in [5, 5.41) is 13.5. The molecule has 4 rings (SSSR count). The van der Waals surface area contributed by atoms with E-state index in [2.05, 4.69) is 27.7 Å². The first-order chi connectivity index (χ1) is 11.0. The Morgan fingerprint density at radius 2 is 2.04 bits per heavy atom. The van der Waals surface area contributed by atoms with Gasteiger partial charge in [-0.1, -0.05) is 12.1 Å². The van der Waals surface area contributed by atoms with Gasteiger partial charge in [0.25, 0.3) is 5.78 Å². The van der Waals surface area contributed by atoms with Crippen LogP contribution in [0.1, 0.15) is 41.1 Å². The maximum atomic E-state index is 13.9. The minimum absolute atomic E-state index is 0.0477. The Morgan fingerprint density at radius 3 is 2.78 bits per heavy atom. The van der Waals surface area contributed by atoms with E-state index >= 15 is 0 Å². The molecule has 8 heteroatoms. The first-order valence-corrected chi connectivity index (χ1v) is 7.65. The molecule has 1 atom stereocenters. The van der Waals surface area contributed by atoms with E-state index in [-0.39, 0.29) is 22.9 Å². The van der Waals surface area contributed by atoms with Crippen molar-refractivity contribution in [3.63, 3.8) is 0 Å². The van der Waals surface area contributed by atoms with Gasteiger partial charge in [-0.05, 0) is 18.9 Å². The number of hydrogen-bond donors (Lipinski definition) is 2. The highest BCUT2D eigenvalue weighted by molar-refractivity contribution is 7.80. The number of hydrogen-bond acceptors (Lipinski definition) is 5. The van der Waals surface area contributed by atoms with Crippen LogP contribution in [0.25, 0.3) is 5.78 Å². The summed E-state index contributed by atoms with van der Waals surface area (Å²) < 4.78 is 28.5. The molecule has 1 aliphatic rings. The Morgan fingerprint density at radius 1 is 1.26 bits per heavy atom. The van der Waals surface area contributed by atoms with Crippen molar-refractivity contribution in [3.8, 4) is 5.88 Å². The topological polar surface area (TPSA) is 63.3 Å². The van der Waals surface area contributed by atoms with Gasteiger partial charge >= 0.3 is 0 Å². The van der Waals surface area contributed by atoms with Gasteiger partial charge < -0.3 is 5.11 Å². The van der Waals surface area contributed by atoms with Gasteiger partial charge in [-0.3, -0.25) is 0 Å².